The number of ether oxygens (including phenoxy) is 1. The Bertz CT molecular complexity index is 1140. The van der Waals surface area contributed by atoms with Crippen molar-refractivity contribution in [1.82, 2.24) is 25.9 Å². The van der Waals surface area contributed by atoms with Gasteiger partial charge >= 0.3 is 0 Å². The lowest BCUT2D eigenvalue weighted by Gasteiger charge is -2.62. The van der Waals surface area contributed by atoms with E-state index in [0.29, 0.717) is 53.5 Å². The molecule has 10 heteroatoms. The largest absolute Gasteiger partial charge is 0.394 e. The molecule has 0 aromatic carbocycles. The normalized spacial score (nSPS) is 40.8. The van der Waals surface area contributed by atoms with Gasteiger partial charge < -0.3 is 30.7 Å². The third-order valence-electron chi connectivity index (χ3n) is 14.6. The zero-order valence-electron chi connectivity index (χ0n) is 33.1. The van der Waals surface area contributed by atoms with E-state index in [-0.39, 0.29) is 54.4 Å². The molecule has 14 atom stereocenters. The van der Waals surface area contributed by atoms with Crippen LogP contribution in [-0.2, 0) is 19.2 Å². The number of hydroxylamine groups is 2. The highest BCUT2D eigenvalue weighted by Gasteiger charge is 2.58. The molecule has 7 unspecified atom stereocenters. The predicted octanol–water partition coefficient (Wildman–Crippen LogP) is 4.31. The van der Waals surface area contributed by atoms with E-state index in [1.54, 1.807) is 7.05 Å². The van der Waals surface area contributed by atoms with Crippen molar-refractivity contribution >= 4 is 11.8 Å². The predicted molar refractivity (Wildman–Crippen MR) is 198 cm³/mol. The van der Waals surface area contributed by atoms with E-state index in [4.69, 9.17) is 9.57 Å². The summed E-state index contributed by atoms with van der Waals surface area (Å²) in [5.41, 5.74) is 0.348. The second kappa shape index (κ2) is 16.8. The molecule has 6 rings (SSSR count). The molecule has 1 aliphatic heterocycles. The Morgan fingerprint density at radius 2 is 1.80 bits per heavy atom. The molecule has 1 heterocycles. The molecule has 0 radical (unpaired) electrons. The van der Waals surface area contributed by atoms with Crippen LogP contribution in [0.2, 0.25) is 0 Å². The summed E-state index contributed by atoms with van der Waals surface area (Å²) in [6, 6.07) is 0.00930. The van der Waals surface area contributed by atoms with Crippen LogP contribution in [0.25, 0.3) is 0 Å². The van der Waals surface area contributed by atoms with Crippen molar-refractivity contribution in [1.29, 1.82) is 0 Å². The van der Waals surface area contributed by atoms with Crippen molar-refractivity contribution in [3.05, 3.63) is 0 Å². The van der Waals surface area contributed by atoms with Crippen LogP contribution in [0.5, 0.6) is 0 Å². The van der Waals surface area contributed by atoms with Gasteiger partial charge in [0.25, 0.3) is 0 Å². The van der Waals surface area contributed by atoms with Crippen molar-refractivity contribution in [3.8, 4) is 0 Å². The van der Waals surface area contributed by atoms with E-state index >= 15 is 0 Å². The minimum Gasteiger partial charge on any atom is -0.394 e. The van der Waals surface area contributed by atoms with Crippen LogP contribution in [-0.4, -0.2) is 111 Å². The number of nitrogens with zero attached hydrogens (tertiary/aromatic N) is 2. The first-order chi connectivity index (χ1) is 23.7. The molecule has 10 nitrogen and oxygen atoms in total. The summed E-state index contributed by atoms with van der Waals surface area (Å²) in [6.07, 6.45) is 8.92. The number of nitrogens with one attached hydrogen (secondary N) is 3. The molecule has 0 spiro atoms. The number of carbonyl (C=O) groups is 2. The quantitative estimate of drug-likeness (QED) is 0.212. The van der Waals surface area contributed by atoms with Crippen LogP contribution in [0.15, 0.2) is 0 Å². The Balaban J connectivity index is 1.36. The van der Waals surface area contributed by atoms with Crippen LogP contribution in [0.4, 0.5) is 0 Å². The number of rotatable bonds is 14. The van der Waals surface area contributed by atoms with E-state index in [1.165, 1.54) is 6.42 Å². The second-order valence-electron chi connectivity index (χ2n) is 18.4. The second-order valence-corrected chi connectivity index (χ2v) is 18.4. The SMILES string of the molecule is CNC(=O)C1CC(C2CCCC(CN3O[C@@H](CO)[C@@H](C(C)NCCC(C)C)[C@H]3C(=O)N[C@H]3C[C@H]4C[C@@H]([C@@H]3C)C4(C)C)C2OC)CC(N(C)C)C1. The van der Waals surface area contributed by atoms with E-state index in [2.05, 4.69) is 76.5 Å². The molecule has 0 aromatic rings. The Kier molecular flexibility index (Phi) is 13.4. The van der Waals surface area contributed by atoms with Crippen molar-refractivity contribution in [2.24, 2.45) is 58.7 Å². The van der Waals surface area contributed by atoms with Gasteiger partial charge in [0.15, 0.2) is 0 Å². The number of aliphatic hydroxyl groups excluding tert-OH is 1. The van der Waals surface area contributed by atoms with E-state index < -0.39 is 12.1 Å². The van der Waals surface area contributed by atoms with Crippen molar-refractivity contribution in [3.63, 3.8) is 0 Å². The van der Waals surface area contributed by atoms with Gasteiger partial charge in [-0.25, -0.2) is 0 Å². The lowest BCUT2D eigenvalue weighted by atomic mass is 9.45. The van der Waals surface area contributed by atoms with Crippen LogP contribution < -0.4 is 16.0 Å². The Morgan fingerprint density at radius 1 is 1.06 bits per heavy atom. The molecule has 6 fully saturated rings. The Hall–Kier alpha value is -1.30. The summed E-state index contributed by atoms with van der Waals surface area (Å²) in [5, 5.41) is 22.8. The molecule has 0 aromatic heterocycles. The van der Waals surface area contributed by atoms with E-state index in [0.717, 1.165) is 57.9 Å². The summed E-state index contributed by atoms with van der Waals surface area (Å²) in [5.74, 6) is 3.20. The standard InChI is InChI=1S/C40H73N5O5/c1-23(2)14-15-42-25(4)35-34(22-46)50-45(36(35)39(48)43-33-20-29-19-32(24(33)3)40(29,5)6)21-26-12-11-13-31(37(26)49-10)27-16-28(38(47)41-7)18-30(17-27)44(8)9/h23-37,42,46H,11-22H2,1-10H3,(H,41,47)(H,43,48)/t24-,25?,26?,27?,28?,29+,30?,31?,32-,33-,34-,35+,36-,37?/m0/s1. The fourth-order valence-electron chi connectivity index (χ4n) is 11.4. The van der Waals surface area contributed by atoms with Gasteiger partial charge in [-0.05, 0) is 120 Å². The highest BCUT2D eigenvalue weighted by atomic mass is 16.7. The molecule has 4 N–H and O–H groups in total. The van der Waals surface area contributed by atoms with E-state index in [9.17, 15) is 14.7 Å². The Morgan fingerprint density at radius 3 is 2.40 bits per heavy atom. The van der Waals surface area contributed by atoms with Gasteiger partial charge in [0.2, 0.25) is 11.8 Å². The minimum absolute atomic E-state index is 0.00746. The number of methoxy groups -OCH3 is 1. The third kappa shape index (κ3) is 8.25. The minimum atomic E-state index is -0.504. The zero-order valence-corrected chi connectivity index (χ0v) is 33.1. The maximum Gasteiger partial charge on any atom is 0.240 e. The van der Waals surface area contributed by atoms with Crippen molar-refractivity contribution in [2.75, 3.05) is 47.9 Å². The summed E-state index contributed by atoms with van der Waals surface area (Å²) >= 11 is 0. The first kappa shape index (κ1) is 39.9. The smallest absolute Gasteiger partial charge is 0.240 e. The fourth-order valence-corrected chi connectivity index (χ4v) is 11.4. The lowest BCUT2D eigenvalue weighted by Crippen LogP contribution is -2.63. The average Bonchev–Trinajstić information content (AvgIpc) is 3.46. The molecule has 288 valence electrons. The molecular formula is C40H73N5O5. The molecule has 2 bridgehead atoms. The number of aliphatic hydroxyl groups is 1. The average molecular weight is 704 g/mol. The Labute approximate surface area is 303 Å². The molecule has 1 saturated heterocycles. The van der Waals surface area contributed by atoms with Crippen LogP contribution in [0, 0.1) is 58.7 Å². The molecule has 50 heavy (non-hydrogen) atoms. The number of amides is 2. The van der Waals surface area contributed by atoms with Gasteiger partial charge in [-0.1, -0.05) is 41.0 Å². The van der Waals surface area contributed by atoms with Crippen LogP contribution >= 0.6 is 0 Å². The number of hydrogen-bond donors (Lipinski definition) is 4. The molecular weight excluding hydrogens is 630 g/mol. The molecule has 5 saturated carbocycles. The summed E-state index contributed by atoms with van der Waals surface area (Å²) < 4.78 is 6.41. The summed E-state index contributed by atoms with van der Waals surface area (Å²) in [7, 11) is 7.85. The fraction of sp³-hybridized carbons (Fsp3) is 0.950. The monoisotopic (exact) mass is 704 g/mol. The highest BCUT2D eigenvalue weighted by molar-refractivity contribution is 5.83. The number of fused-ring (bicyclic) bond motifs is 2. The molecule has 5 aliphatic carbocycles. The first-order valence-electron chi connectivity index (χ1n) is 20.2. The summed E-state index contributed by atoms with van der Waals surface area (Å²) in [4.78, 5) is 36.5. The van der Waals surface area contributed by atoms with Crippen LogP contribution in [0.3, 0.4) is 0 Å². The lowest BCUT2D eigenvalue weighted by molar-refractivity contribution is -0.193. The van der Waals surface area contributed by atoms with Gasteiger partial charge in [0, 0.05) is 56.6 Å². The van der Waals surface area contributed by atoms with Gasteiger partial charge in [-0.15, -0.1) is 0 Å². The van der Waals surface area contributed by atoms with Gasteiger partial charge in [0.05, 0.1) is 12.7 Å². The van der Waals surface area contributed by atoms with E-state index in [1.807, 2.05) is 12.2 Å². The summed E-state index contributed by atoms with van der Waals surface area (Å²) in [6.45, 7) is 15.1. The molecule has 6 aliphatic rings. The maximum absolute atomic E-state index is 14.6. The highest BCUT2D eigenvalue weighted by Crippen LogP contribution is 2.61. The topological polar surface area (TPSA) is 115 Å². The molecule has 2 amide bonds. The van der Waals surface area contributed by atoms with Crippen molar-refractivity contribution < 1.29 is 24.3 Å². The first-order valence-corrected chi connectivity index (χ1v) is 20.2. The van der Waals surface area contributed by atoms with Crippen molar-refractivity contribution in [2.45, 2.75) is 136 Å². The van der Waals surface area contributed by atoms with Gasteiger partial charge in [-0.3, -0.25) is 14.4 Å². The van der Waals surface area contributed by atoms with Crippen LogP contribution in [0.1, 0.15) is 99.3 Å². The van der Waals surface area contributed by atoms with Gasteiger partial charge in [-0.2, -0.15) is 5.06 Å². The third-order valence-corrected chi connectivity index (χ3v) is 14.6. The zero-order chi connectivity index (χ0) is 36.5. The number of hydrogen-bond acceptors (Lipinski definition) is 8. The maximum atomic E-state index is 14.6. The number of carbonyl (C=O) groups excluding carboxylic acids is 2. The van der Waals surface area contributed by atoms with Gasteiger partial charge in [0.1, 0.15) is 12.1 Å².